The van der Waals surface area contributed by atoms with E-state index < -0.39 is 0 Å². The summed E-state index contributed by atoms with van der Waals surface area (Å²) < 4.78 is 0. The van der Waals surface area contributed by atoms with Crippen LogP contribution in [0.25, 0.3) is 0 Å². The molecule has 0 bridgehead atoms. The van der Waals surface area contributed by atoms with Crippen molar-refractivity contribution >= 4 is 28.8 Å². The van der Waals surface area contributed by atoms with E-state index in [2.05, 4.69) is 10.2 Å². The lowest BCUT2D eigenvalue weighted by Gasteiger charge is -2.29. The van der Waals surface area contributed by atoms with Crippen molar-refractivity contribution < 1.29 is 4.79 Å². The lowest BCUT2D eigenvalue weighted by Crippen LogP contribution is -2.47. The van der Waals surface area contributed by atoms with Crippen molar-refractivity contribution in [1.82, 2.24) is 5.32 Å². The van der Waals surface area contributed by atoms with Crippen LogP contribution in [0.3, 0.4) is 0 Å². The van der Waals surface area contributed by atoms with E-state index in [1.54, 1.807) is 0 Å². The number of nitrogens with zero attached hydrogens (tertiary/aromatic N) is 1. The molecule has 0 aromatic heterocycles. The number of piperazine rings is 1. The Morgan fingerprint density at radius 3 is 2.88 bits per heavy atom. The smallest absolute Gasteiger partial charge is 0.239 e. The molecule has 1 aromatic rings. The van der Waals surface area contributed by atoms with Gasteiger partial charge in [0.2, 0.25) is 5.91 Å². The average molecular weight is 249 g/mol. The zero-order valence-corrected chi connectivity index (χ0v) is 10.5. The first kappa shape index (κ1) is 11.9. The van der Waals surface area contributed by atoms with Crippen molar-refractivity contribution in [3.63, 3.8) is 0 Å². The van der Waals surface area contributed by atoms with Crippen LogP contribution < -0.4 is 16.0 Å². The van der Waals surface area contributed by atoms with Crippen molar-refractivity contribution in [2.45, 2.75) is 6.92 Å². The third-order valence-electron chi connectivity index (χ3n) is 2.88. The molecule has 0 saturated carbocycles. The highest BCUT2D eigenvalue weighted by Gasteiger charge is 2.16. The minimum Gasteiger partial charge on any atom is -0.389 e. The minimum atomic E-state index is 0.0623. The number of rotatable bonds is 2. The SMILES string of the molecule is Cc1cc(N2CCNC(=O)C2)ccc1C(N)=S. The highest BCUT2D eigenvalue weighted by molar-refractivity contribution is 7.80. The van der Waals surface area contributed by atoms with Crippen LogP contribution in [0.1, 0.15) is 11.1 Å². The molecule has 0 unspecified atom stereocenters. The molecule has 17 heavy (non-hydrogen) atoms. The molecular formula is C12H15N3OS. The van der Waals surface area contributed by atoms with Crippen molar-refractivity contribution in [2.75, 3.05) is 24.5 Å². The molecule has 0 radical (unpaired) electrons. The number of carbonyl (C=O) groups excluding carboxylic acids is 1. The first-order chi connectivity index (χ1) is 8.08. The molecular weight excluding hydrogens is 234 g/mol. The zero-order valence-electron chi connectivity index (χ0n) is 9.69. The van der Waals surface area contributed by atoms with Crippen LogP contribution >= 0.6 is 12.2 Å². The number of carbonyl (C=O) groups is 1. The Hall–Kier alpha value is -1.62. The summed E-state index contributed by atoms with van der Waals surface area (Å²) >= 11 is 4.97. The van der Waals surface area contributed by atoms with Gasteiger partial charge in [0, 0.05) is 24.3 Å². The highest BCUT2D eigenvalue weighted by atomic mass is 32.1. The molecule has 1 heterocycles. The number of aryl methyl sites for hydroxylation is 1. The Morgan fingerprint density at radius 2 is 2.29 bits per heavy atom. The Morgan fingerprint density at radius 1 is 1.53 bits per heavy atom. The number of hydrogen-bond donors (Lipinski definition) is 2. The summed E-state index contributed by atoms with van der Waals surface area (Å²) in [5.74, 6) is 0.0623. The fourth-order valence-electron chi connectivity index (χ4n) is 1.98. The highest BCUT2D eigenvalue weighted by Crippen LogP contribution is 2.19. The van der Waals surface area contributed by atoms with Gasteiger partial charge in [0.15, 0.2) is 0 Å². The molecule has 1 aliphatic rings. The normalized spacial score (nSPS) is 15.6. The monoisotopic (exact) mass is 249 g/mol. The fourth-order valence-corrected chi connectivity index (χ4v) is 2.21. The Kier molecular flexibility index (Phi) is 3.28. The van der Waals surface area contributed by atoms with Gasteiger partial charge in [-0.1, -0.05) is 12.2 Å². The molecule has 0 aliphatic carbocycles. The van der Waals surface area contributed by atoms with Crippen molar-refractivity contribution in [3.05, 3.63) is 29.3 Å². The van der Waals surface area contributed by atoms with Gasteiger partial charge in [-0.05, 0) is 30.7 Å². The molecule has 1 amide bonds. The third-order valence-corrected chi connectivity index (χ3v) is 3.10. The minimum absolute atomic E-state index is 0.0623. The van der Waals surface area contributed by atoms with Gasteiger partial charge < -0.3 is 16.0 Å². The van der Waals surface area contributed by atoms with Gasteiger partial charge in [0.25, 0.3) is 0 Å². The summed E-state index contributed by atoms with van der Waals surface area (Å²) in [7, 11) is 0. The maximum atomic E-state index is 11.3. The quantitative estimate of drug-likeness (QED) is 0.752. The molecule has 2 rings (SSSR count). The second-order valence-corrected chi connectivity index (χ2v) is 4.57. The number of thiocarbonyl (C=S) groups is 1. The summed E-state index contributed by atoms with van der Waals surface area (Å²) in [6, 6.07) is 5.90. The second kappa shape index (κ2) is 4.71. The van der Waals surface area contributed by atoms with E-state index in [1.807, 2.05) is 25.1 Å². The summed E-state index contributed by atoms with van der Waals surface area (Å²) in [5.41, 5.74) is 8.59. The number of nitrogens with one attached hydrogen (secondary N) is 1. The van der Waals surface area contributed by atoms with Gasteiger partial charge in [-0.3, -0.25) is 4.79 Å². The number of nitrogens with two attached hydrogens (primary N) is 1. The zero-order chi connectivity index (χ0) is 12.4. The Bertz CT molecular complexity index is 473. The van der Waals surface area contributed by atoms with Gasteiger partial charge >= 0.3 is 0 Å². The van der Waals surface area contributed by atoms with Gasteiger partial charge in [0.05, 0.1) is 6.54 Å². The molecule has 1 aromatic carbocycles. The molecule has 0 spiro atoms. The van der Waals surface area contributed by atoms with Crippen LogP contribution in [-0.2, 0) is 4.79 Å². The standard InChI is InChI=1S/C12H15N3OS/c1-8-6-9(2-3-10(8)12(13)17)15-5-4-14-11(16)7-15/h2-3,6H,4-5,7H2,1H3,(H2,13,17)(H,14,16). The number of amides is 1. The largest absolute Gasteiger partial charge is 0.389 e. The van der Waals surface area contributed by atoms with Crippen LogP contribution in [-0.4, -0.2) is 30.5 Å². The lowest BCUT2D eigenvalue weighted by molar-refractivity contribution is -0.120. The van der Waals surface area contributed by atoms with Gasteiger partial charge in [-0.15, -0.1) is 0 Å². The maximum Gasteiger partial charge on any atom is 0.239 e. The van der Waals surface area contributed by atoms with E-state index >= 15 is 0 Å². The van der Waals surface area contributed by atoms with Crippen LogP contribution in [0.4, 0.5) is 5.69 Å². The molecule has 90 valence electrons. The first-order valence-corrected chi connectivity index (χ1v) is 5.91. The van der Waals surface area contributed by atoms with Crippen molar-refractivity contribution in [2.24, 2.45) is 5.73 Å². The Balaban J connectivity index is 2.25. The van der Waals surface area contributed by atoms with Gasteiger partial charge in [-0.25, -0.2) is 0 Å². The summed E-state index contributed by atoms with van der Waals surface area (Å²) in [6.07, 6.45) is 0. The molecule has 0 atom stereocenters. The molecule has 5 heteroatoms. The summed E-state index contributed by atoms with van der Waals surface area (Å²) in [6.45, 7) is 3.90. The van der Waals surface area contributed by atoms with E-state index in [-0.39, 0.29) is 5.91 Å². The molecule has 4 nitrogen and oxygen atoms in total. The van der Waals surface area contributed by atoms with Gasteiger partial charge in [-0.2, -0.15) is 0 Å². The predicted molar refractivity (Wildman–Crippen MR) is 72.3 cm³/mol. The number of hydrogen-bond acceptors (Lipinski definition) is 3. The van der Waals surface area contributed by atoms with E-state index in [9.17, 15) is 4.79 Å². The molecule has 1 aliphatic heterocycles. The number of anilines is 1. The van der Waals surface area contributed by atoms with E-state index in [1.165, 1.54) is 0 Å². The lowest BCUT2D eigenvalue weighted by atomic mass is 10.1. The first-order valence-electron chi connectivity index (χ1n) is 5.50. The number of benzene rings is 1. The molecule has 1 saturated heterocycles. The summed E-state index contributed by atoms with van der Waals surface area (Å²) in [4.78, 5) is 13.8. The third kappa shape index (κ3) is 2.55. The maximum absolute atomic E-state index is 11.3. The average Bonchev–Trinajstić information content (AvgIpc) is 2.28. The molecule has 3 N–H and O–H groups in total. The van der Waals surface area contributed by atoms with E-state index in [4.69, 9.17) is 18.0 Å². The van der Waals surface area contributed by atoms with Gasteiger partial charge in [0.1, 0.15) is 4.99 Å². The molecule has 1 fully saturated rings. The second-order valence-electron chi connectivity index (χ2n) is 4.13. The van der Waals surface area contributed by atoms with Crippen molar-refractivity contribution in [3.8, 4) is 0 Å². The fraction of sp³-hybridized carbons (Fsp3) is 0.333. The van der Waals surface area contributed by atoms with Crippen LogP contribution in [0.15, 0.2) is 18.2 Å². The van der Waals surface area contributed by atoms with E-state index in [0.29, 0.717) is 18.1 Å². The van der Waals surface area contributed by atoms with Crippen LogP contribution in [0.5, 0.6) is 0 Å². The van der Waals surface area contributed by atoms with Crippen LogP contribution in [0.2, 0.25) is 0 Å². The summed E-state index contributed by atoms with van der Waals surface area (Å²) in [5, 5.41) is 2.80. The van der Waals surface area contributed by atoms with Crippen LogP contribution in [0, 0.1) is 6.92 Å². The van der Waals surface area contributed by atoms with Crippen molar-refractivity contribution in [1.29, 1.82) is 0 Å². The topological polar surface area (TPSA) is 58.4 Å². The van der Waals surface area contributed by atoms with E-state index in [0.717, 1.165) is 23.4 Å². The Labute approximate surface area is 106 Å². The predicted octanol–water partition coefficient (Wildman–Crippen LogP) is 0.565.